The summed E-state index contributed by atoms with van der Waals surface area (Å²) in [6.07, 6.45) is 10.1. The van der Waals surface area contributed by atoms with Crippen LogP contribution < -0.4 is 21.7 Å². The van der Waals surface area contributed by atoms with Crippen molar-refractivity contribution in [1.82, 2.24) is 20.9 Å². The molecule has 0 aliphatic carbocycles. The van der Waals surface area contributed by atoms with Gasteiger partial charge in [0, 0.05) is 26.6 Å². The molecule has 38 heavy (non-hydrogen) atoms. The van der Waals surface area contributed by atoms with Crippen molar-refractivity contribution in [2.24, 2.45) is 11.1 Å². The molecule has 1 aliphatic rings. The van der Waals surface area contributed by atoms with Crippen molar-refractivity contribution in [2.75, 3.05) is 20.1 Å². The molecule has 1 aliphatic heterocycles. The van der Waals surface area contributed by atoms with Crippen molar-refractivity contribution < 1.29 is 24.0 Å². The highest BCUT2D eigenvalue weighted by Gasteiger charge is 2.40. The molecule has 0 aromatic heterocycles. The third-order valence-corrected chi connectivity index (χ3v) is 5.00. The number of Topliss-reactive ketones (excluding diaryl/α,β-unsaturated/α-hetero) is 1. The molecule has 1 fully saturated rings. The third kappa shape index (κ3) is 15.8. The molecule has 0 aromatic carbocycles. The van der Waals surface area contributed by atoms with Crippen LogP contribution in [0, 0.1) is 17.8 Å². The van der Waals surface area contributed by atoms with E-state index in [0.717, 1.165) is 0 Å². The average molecular weight is 538 g/mol. The number of carbonyl (C=O) groups excluding carboxylic acids is 5. The van der Waals surface area contributed by atoms with Crippen molar-refractivity contribution in [1.29, 1.82) is 0 Å². The number of nitrogens with two attached hydrogens (primary N) is 1. The Labute approximate surface area is 229 Å². The van der Waals surface area contributed by atoms with Gasteiger partial charge in [0.15, 0.2) is 0 Å². The number of nitrogens with zero attached hydrogens (tertiary/aromatic N) is 1. The van der Waals surface area contributed by atoms with Gasteiger partial charge in [-0.25, -0.2) is 0 Å². The highest BCUT2D eigenvalue weighted by atomic mass is 16.2. The van der Waals surface area contributed by atoms with Crippen molar-refractivity contribution in [2.45, 2.75) is 98.7 Å². The lowest BCUT2D eigenvalue weighted by Gasteiger charge is -2.33. The average Bonchev–Trinajstić information content (AvgIpc) is 3.39. The zero-order valence-corrected chi connectivity index (χ0v) is 24.7. The van der Waals surface area contributed by atoms with Crippen molar-refractivity contribution in [3.63, 3.8) is 0 Å². The van der Waals surface area contributed by atoms with E-state index in [1.165, 1.54) is 17.4 Å². The largest absolute Gasteiger partial charge is 0.362 e. The maximum atomic E-state index is 12.8. The van der Waals surface area contributed by atoms with E-state index < -0.39 is 41.1 Å². The SMILES string of the molecule is C#CCCC(NC(=O)C1CCCN1C(=O)C(N)C(C)(C)C)C(=O)C(=O)NCC=C.CC.CCC.CNC=O. The number of hydrogen-bond acceptors (Lipinski definition) is 6. The lowest BCUT2D eigenvalue weighted by Crippen LogP contribution is -2.57. The fraction of sp³-hybridized carbons (Fsp3) is 0.679. The Bertz CT molecular complexity index is 771. The fourth-order valence-corrected chi connectivity index (χ4v) is 3.03. The summed E-state index contributed by atoms with van der Waals surface area (Å²) >= 11 is 0. The minimum Gasteiger partial charge on any atom is -0.362 e. The zero-order chi connectivity index (χ0) is 30.3. The summed E-state index contributed by atoms with van der Waals surface area (Å²) in [6, 6.07) is -2.54. The number of rotatable bonds is 10. The summed E-state index contributed by atoms with van der Waals surface area (Å²) in [4.78, 5) is 60.6. The first-order valence-electron chi connectivity index (χ1n) is 13.2. The second-order valence-corrected chi connectivity index (χ2v) is 9.31. The summed E-state index contributed by atoms with van der Waals surface area (Å²) in [5.41, 5.74) is 5.63. The number of amides is 4. The lowest BCUT2D eigenvalue weighted by atomic mass is 9.86. The standard InChI is InChI=1S/C21H32N4O4.C3H8.C2H5NO.C2H6/c1-6-8-10-14(16(26)19(28)23-12-7-2)24-18(27)15-11-9-13-25(15)20(29)17(22)21(3,4)5;1-3-2;1-3-2-4;1-2/h1,7,14-15,17H,2,8-13,22H2,3-5H3,(H,23,28)(H,24,27);3H2,1-2H3;2H,1H3,(H,3,4);1-2H3. The molecule has 218 valence electrons. The Balaban J connectivity index is -0.00000119. The summed E-state index contributed by atoms with van der Waals surface area (Å²) in [6.45, 7) is 17.9. The summed E-state index contributed by atoms with van der Waals surface area (Å²) in [5.74, 6) is 0.0228. The van der Waals surface area contributed by atoms with E-state index in [2.05, 4.69) is 42.3 Å². The molecule has 3 unspecified atom stereocenters. The van der Waals surface area contributed by atoms with E-state index in [-0.39, 0.29) is 25.3 Å². The van der Waals surface area contributed by atoms with Gasteiger partial charge in [0.05, 0.1) is 12.1 Å². The molecule has 4 amide bonds. The van der Waals surface area contributed by atoms with Crippen LogP contribution in [0.2, 0.25) is 0 Å². The lowest BCUT2D eigenvalue weighted by molar-refractivity contribution is -0.143. The van der Waals surface area contributed by atoms with E-state index in [1.807, 2.05) is 34.6 Å². The highest BCUT2D eigenvalue weighted by molar-refractivity contribution is 6.38. The number of terminal acetylenes is 1. The smallest absolute Gasteiger partial charge is 0.289 e. The number of hydrogen-bond donors (Lipinski definition) is 4. The molecule has 3 atom stereocenters. The summed E-state index contributed by atoms with van der Waals surface area (Å²) in [7, 11) is 1.56. The fourth-order valence-electron chi connectivity index (χ4n) is 3.03. The molecule has 0 saturated carbocycles. The van der Waals surface area contributed by atoms with Gasteiger partial charge in [-0.2, -0.15) is 0 Å². The normalized spacial score (nSPS) is 15.2. The van der Waals surface area contributed by atoms with Crippen molar-refractivity contribution in [3.05, 3.63) is 12.7 Å². The Hall–Kier alpha value is -3.19. The van der Waals surface area contributed by atoms with Crippen LogP contribution >= 0.6 is 0 Å². The van der Waals surface area contributed by atoms with Gasteiger partial charge in [-0.15, -0.1) is 18.9 Å². The van der Waals surface area contributed by atoms with E-state index in [1.54, 1.807) is 7.05 Å². The molecule has 1 saturated heterocycles. The van der Waals surface area contributed by atoms with Gasteiger partial charge in [0.2, 0.25) is 24.0 Å². The minimum atomic E-state index is -1.06. The topological polar surface area (TPSA) is 151 Å². The van der Waals surface area contributed by atoms with E-state index in [9.17, 15) is 19.2 Å². The molecule has 0 bridgehead atoms. The molecule has 0 aromatic rings. The number of ketones is 1. The van der Waals surface area contributed by atoms with E-state index >= 15 is 0 Å². The number of nitrogens with one attached hydrogen (secondary N) is 3. The molecule has 0 radical (unpaired) electrons. The first kappa shape index (κ1) is 39.3. The van der Waals surface area contributed by atoms with Crippen LogP contribution in [-0.4, -0.2) is 73.1 Å². The molecular weight excluding hydrogens is 486 g/mol. The monoisotopic (exact) mass is 537 g/mol. The summed E-state index contributed by atoms with van der Waals surface area (Å²) < 4.78 is 0. The third-order valence-electron chi connectivity index (χ3n) is 5.00. The minimum absolute atomic E-state index is 0.130. The zero-order valence-electron chi connectivity index (χ0n) is 24.7. The molecule has 5 N–H and O–H groups in total. The van der Waals surface area contributed by atoms with Crippen LogP contribution in [0.3, 0.4) is 0 Å². The maximum absolute atomic E-state index is 12.8. The van der Waals surface area contributed by atoms with Gasteiger partial charge in [-0.3, -0.25) is 24.0 Å². The Kier molecular flexibility index (Phi) is 23.8. The van der Waals surface area contributed by atoms with Gasteiger partial charge in [-0.1, -0.05) is 61.0 Å². The van der Waals surface area contributed by atoms with Crippen molar-refractivity contribution >= 4 is 29.9 Å². The van der Waals surface area contributed by atoms with Crippen LogP contribution in [0.5, 0.6) is 0 Å². The first-order valence-corrected chi connectivity index (χ1v) is 13.2. The van der Waals surface area contributed by atoms with Crippen LogP contribution in [0.4, 0.5) is 0 Å². The Morgan fingerprint density at radius 3 is 2.16 bits per heavy atom. The second-order valence-electron chi connectivity index (χ2n) is 9.31. The van der Waals surface area contributed by atoms with Crippen LogP contribution in [0.15, 0.2) is 12.7 Å². The predicted octanol–water partition coefficient (Wildman–Crippen LogP) is 1.93. The van der Waals surface area contributed by atoms with Crippen LogP contribution in [0.25, 0.3) is 0 Å². The predicted molar refractivity (Wildman–Crippen MR) is 153 cm³/mol. The second kappa shape index (κ2) is 23.0. The number of carbonyl (C=O) groups is 5. The molecule has 0 spiro atoms. The van der Waals surface area contributed by atoms with Crippen LogP contribution in [0.1, 0.15) is 80.6 Å². The molecule has 10 heteroatoms. The van der Waals surface area contributed by atoms with Crippen LogP contribution in [-0.2, 0) is 24.0 Å². The van der Waals surface area contributed by atoms with Gasteiger partial charge >= 0.3 is 0 Å². The van der Waals surface area contributed by atoms with Crippen molar-refractivity contribution in [3.8, 4) is 12.3 Å². The number of likely N-dealkylation sites (tertiary alicyclic amines) is 1. The molecule has 1 heterocycles. The van der Waals surface area contributed by atoms with Gasteiger partial charge in [0.25, 0.3) is 5.91 Å². The summed E-state index contributed by atoms with van der Waals surface area (Å²) in [5, 5.41) is 7.26. The molecular formula is C28H51N5O5. The molecule has 1 rings (SSSR count). The molecule has 10 nitrogen and oxygen atoms in total. The van der Waals surface area contributed by atoms with E-state index in [0.29, 0.717) is 25.8 Å². The quantitative estimate of drug-likeness (QED) is 0.145. The Morgan fingerprint density at radius 1 is 1.21 bits per heavy atom. The van der Waals surface area contributed by atoms with Gasteiger partial charge in [-0.05, 0) is 24.7 Å². The van der Waals surface area contributed by atoms with Gasteiger partial charge < -0.3 is 26.6 Å². The first-order chi connectivity index (χ1) is 17.9. The maximum Gasteiger partial charge on any atom is 0.289 e. The van der Waals surface area contributed by atoms with Gasteiger partial charge in [0.1, 0.15) is 6.04 Å². The Morgan fingerprint density at radius 2 is 1.74 bits per heavy atom. The highest BCUT2D eigenvalue weighted by Crippen LogP contribution is 2.24. The van der Waals surface area contributed by atoms with E-state index in [4.69, 9.17) is 17.0 Å².